The van der Waals surface area contributed by atoms with Gasteiger partial charge < -0.3 is 9.80 Å². The Kier molecular flexibility index (Phi) is 7.81. The molecule has 7 heteroatoms. The number of benzene rings is 1. The Bertz CT molecular complexity index is 1060. The number of hydrogen-bond donors (Lipinski definition) is 0. The molecule has 1 amide bonds. The molecule has 32 heavy (non-hydrogen) atoms. The molecule has 4 rings (SSSR count). The van der Waals surface area contributed by atoms with Gasteiger partial charge in [-0.3, -0.25) is 4.79 Å². The summed E-state index contributed by atoms with van der Waals surface area (Å²) in [7, 11) is 0. The maximum atomic E-state index is 12.5. The fourth-order valence-corrected chi connectivity index (χ4v) is 6.40. The monoisotopic (exact) mass is 529 g/mol. The van der Waals surface area contributed by atoms with Gasteiger partial charge in [-0.15, -0.1) is 22.7 Å². The van der Waals surface area contributed by atoms with E-state index in [-0.39, 0.29) is 5.91 Å². The Morgan fingerprint density at radius 1 is 1.16 bits per heavy atom. The van der Waals surface area contributed by atoms with Gasteiger partial charge in [0.25, 0.3) is 0 Å². The maximum Gasteiger partial charge on any atom is 0.246 e. The van der Waals surface area contributed by atoms with E-state index in [4.69, 9.17) is 4.98 Å². The van der Waals surface area contributed by atoms with E-state index in [2.05, 4.69) is 64.3 Å². The normalized spacial score (nSPS) is 14.9. The highest BCUT2D eigenvalue weighted by molar-refractivity contribution is 9.10. The number of amides is 1. The van der Waals surface area contributed by atoms with E-state index < -0.39 is 0 Å². The van der Waals surface area contributed by atoms with E-state index in [1.54, 1.807) is 28.7 Å². The maximum absolute atomic E-state index is 12.5. The van der Waals surface area contributed by atoms with Gasteiger partial charge in [-0.25, -0.2) is 4.98 Å². The molecule has 0 bridgehead atoms. The van der Waals surface area contributed by atoms with Crippen molar-refractivity contribution in [3.63, 3.8) is 0 Å². The molecule has 3 aromatic rings. The molecule has 1 saturated heterocycles. The largest absolute Gasteiger partial charge is 0.372 e. The number of carbonyl (C=O) groups excluding carboxylic acids is 1. The van der Waals surface area contributed by atoms with Crippen LogP contribution in [0.3, 0.4) is 0 Å². The zero-order chi connectivity index (χ0) is 22.5. The Hall–Kier alpha value is -1.96. The lowest BCUT2D eigenvalue weighted by atomic mass is 9.97. The minimum atomic E-state index is 0.0982. The average Bonchev–Trinajstić information content (AvgIpc) is 3.48. The Morgan fingerprint density at radius 2 is 1.88 bits per heavy atom. The van der Waals surface area contributed by atoms with Crippen LogP contribution in [-0.2, 0) is 4.79 Å². The number of rotatable bonds is 7. The van der Waals surface area contributed by atoms with Crippen LogP contribution < -0.4 is 4.90 Å². The summed E-state index contributed by atoms with van der Waals surface area (Å²) in [6, 6.07) is 10.7. The van der Waals surface area contributed by atoms with Gasteiger partial charge in [-0.2, -0.15) is 0 Å². The molecule has 0 N–H and O–H groups in total. The molecule has 0 aliphatic carbocycles. The molecule has 0 unspecified atom stereocenters. The standard InChI is InChI=1S/C25H28BrN3OS2/c1-3-28(4-2)21-7-5-18(6-8-21)23-17-32-25(27-23)19-11-13-29(14-12-19)24(30)10-9-22-15-20(26)16-31-22/h5-10,15-17,19H,3-4,11-14H2,1-2H3. The second-order valence-electron chi connectivity index (χ2n) is 7.89. The highest BCUT2D eigenvalue weighted by Gasteiger charge is 2.25. The zero-order valence-corrected chi connectivity index (χ0v) is 21.7. The Labute approximate surface area is 206 Å². The first kappa shape index (κ1) is 23.2. The van der Waals surface area contributed by atoms with Crippen LogP contribution in [0.5, 0.6) is 0 Å². The van der Waals surface area contributed by atoms with Crippen molar-refractivity contribution >= 4 is 56.3 Å². The summed E-state index contributed by atoms with van der Waals surface area (Å²) in [4.78, 5) is 22.9. The summed E-state index contributed by atoms with van der Waals surface area (Å²) >= 11 is 6.82. The number of halogens is 1. The van der Waals surface area contributed by atoms with Crippen molar-refractivity contribution in [2.75, 3.05) is 31.1 Å². The van der Waals surface area contributed by atoms with Crippen LogP contribution in [0.4, 0.5) is 5.69 Å². The minimum absolute atomic E-state index is 0.0982. The second kappa shape index (κ2) is 10.8. The zero-order valence-electron chi connectivity index (χ0n) is 18.5. The molecular weight excluding hydrogens is 502 g/mol. The van der Waals surface area contributed by atoms with E-state index in [1.165, 1.54) is 16.3 Å². The van der Waals surface area contributed by atoms with Gasteiger partial charge in [-0.05, 0) is 66.9 Å². The van der Waals surface area contributed by atoms with Crippen LogP contribution in [0.25, 0.3) is 17.3 Å². The Morgan fingerprint density at radius 3 is 2.50 bits per heavy atom. The summed E-state index contributed by atoms with van der Waals surface area (Å²) < 4.78 is 1.05. The number of likely N-dealkylation sites (tertiary alicyclic amines) is 1. The topological polar surface area (TPSA) is 36.4 Å². The highest BCUT2D eigenvalue weighted by atomic mass is 79.9. The summed E-state index contributed by atoms with van der Waals surface area (Å²) in [5.41, 5.74) is 3.48. The molecule has 1 aromatic carbocycles. The first-order valence-electron chi connectivity index (χ1n) is 11.1. The summed E-state index contributed by atoms with van der Waals surface area (Å²) in [6.07, 6.45) is 5.54. The number of thiazole rings is 1. The number of aromatic nitrogens is 1. The fraction of sp³-hybridized carbons (Fsp3) is 0.360. The quantitative estimate of drug-likeness (QED) is 0.312. The van der Waals surface area contributed by atoms with Crippen molar-refractivity contribution in [1.82, 2.24) is 9.88 Å². The SMILES string of the molecule is CCN(CC)c1ccc(-c2csc(C3CCN(C(=O)C=Cc4cc(Br)cs4)CC3)n2)cc1. The number of nitrogens with zero attached hydrogens (tertiary/aromatic N) is 3. The summed E-state index contributed by atoms with van der Waals surface area (Å²) in [5.74, 6) is 0.533. The van der Waals surface area contributed by atoms with Gasteiger partial charge in [-0.1, -0.05) is 12.1 Å². The second-order valence-corrected chi connectivity index (χ2v) is 10.6. The first-order valence-corrected chi connectivity index (χ1v) is 13.6. The molecule has 1 fully saturated rings. The van der Waals surface area contributed by atoms with Crippen molar-refractivity contribution in [2.45, 2.75) is 32.6 Å². The third-order valence-electron chi connectivity index (χ3n) is 5.95. The van der Waals surface area contributed by atoms with Crippen molar-refractivity contribution in [1.29, 1.82) is 0 Å². The molecule has 168 valence electrons. The molecule has 4 nitrogen and oxygen atoms in total. The van der Waals surface area contributed by atoms with E-state index >= 15 is 0 Å². The average molecular weight is 531 g/mol. The number of piperidine rings is 1. The van der Waals surface area contributed by atoms with Crippen molar-refractivity contribution < 1.29 is 4.79 Å². The molecule has 1 aliphatic rings. The molecule has 2 aromatic heterocycles. The smallest absolute Gasteiger partial charge is 0.246 e. The molecule has 3 heterocycles. The number of carbonyl (C=O) groups is 1. The van der Waals surface area contributed by atoms with Crippen LogP contribution in [0.1, 0.15) is 42.5 Å². The van der Waals surface area contributed by atoms with Crippen molar-refractivity contribution in [3.8, 4) is 11.3 Å². The molecular formula is C25H28BrN3OS2. The molecule has 1 aliphatic heterocycles. The third-order valence-corrected chi connectivity index (χ3v) is 8.61. The van der Waals surface area contributed by atoms with Crippen LogP contribution in [-0.4, -0.2) is 42.0 Å². The van der Waals surface area contributed by atoms with E-state index in [9.17, 15) is 4.79 Å². The van der Waals surface area contributed by atoms with Gasteiger partial charge in [0.05, 0.1) is 10.7 Å². The number of anilines is 1. The fourth-order valence-electron chi connectivity index (χ4n) is 4.06. The van der Waals surface area contributed by atoms with E-state index in [1.807, 2.05) is 22.4 Å². The number of thiophene rings is 1. The van der Waals surface area contributed by atoms with Gasteiger partial charge in [0.2, 0.25) is 5.91 Å². The van der Waals surface area contributed by atoms with E-state index in [0.717, 1.165) is 54.1 Å². The lowest BCUT2D eigenvalue weighted by molar-refractivity contribution is -0.126. The Balaban J connectivity index is 1.34. The van der Waals surface area contributed by atoms with Gasteiger partial charge in [0.1, 0.15) is 0 Å². The van der Waals surface area contributed by atoms with Gasteiger partial charge in [0, 0.05) is 69.5 Å². The minimum Gasteiger partial charge on any atom is -0.372 e. The van der Waals surface area contributed by atoms with Crippen LogP contribution in [0, 0.1) is 0 Å². The first-order chi connectivity index (χ1) is 15.6. The summed E-state index contributed by atoms with van der Waals surface area (Å²) in [5, 5.41) is 5.39. The number of hydrogen-bond acceptors (Lipinski definition) is 5. The van der Waals surface area contributed by atoms with Crippen molar-refractivity contribution in [2.24, 2.45) is 0 Å². The van der Waals surface area contributed by atoms with Gasteiger partial charge >= 0.3 is 0 Å². The van der Waals surface area contributed by atoms with Crippen LogP contribution in [0.2, 0.25) is 0 Å². The van der Waals surface area contributed by atoms with Crippen molar-refractivity contribution in [3.05, 3.63) is 61.5 Å². The molecule has 0 atom stereocenters. The third kappa shape index (κ3) is 5.50. The van der Waals surface area contributed by atoms with Crippen LogP contribution >= 0.6 is 38.6 Å². The molecule has 0 saturated carbocycles. The lowest BCUT2D eigenvalue weighted by Gasteiger charge is -2.30. The predicted molar refractivity (Wildman–Crippen MR) is 141 cm³/mol. The van der Waals surface area contributed by atoms with Gasteiger partial charge in [0.15, 0.2) is 0 Å². The highest BCUT2D eigenvalue weighted by Crippen LogP contribution is 2.33. The molecule has 0 spiro atoms. The van der Waals surface area contributed by atoms with Crippen LogP contribution in [0.15, 0.2) is 51.6 Å². The summed E-state index contributed by atoms with van der Waals surface area (Å²) in [6.45, 7) is 7.97. The predicted octanol–water partition coefficient (Wildman–Crippen LogP) is 6.90. The van der Waals surface area contributed by atoms with E-state index in [0.29, 0.717) is 5.92 Å². The molecule has 0 radical (unpaired) electrons. The lowest BCUT2D eigenvalue weighted by Crippen LogP contribution is -2.36.